The van der Waals surface area contributed by atoms with E-state index in [0.717, 1.165) is 11.3 Å². The third-order valence-corrected chi connectivity index (χ3v) is 2.75. The summed E-state index contributed by atoms with van der Waals surface area (Å²) < 4.78 is 5.25. The van der Waals surface area contributed by atoms with Crippen LogP contribution in [0.5, 0.6) is 5.75 Å². The molecule has 1 aromatic carbocycles. The van der Waals surface area contributed by atoms with Gasteiger partial charge in [-0.3, -0.25) is 4.90 Å². The smallest absolute Gasteiger partial charge is 0.123 e. The van der Waals surface area contributed by atoms with Gasteiger partial charge >= 0.3 is 0 Å². The summed E-state index contributed by atoms with van der Waals surface area (Å²) in [5, 5.41) is 9.49. The van der Waals surface area contributed by atoms with E-state index in [4.69, 9.17) is 21.6 Å². The van der Waals surface area contributed by atoms with E-state index in [1.165, 1.54) is 0 Å². The van der Waals surface area contributed by atoms with Crippen LogP contribution in [0.3, 0.4) is 0 Å². The first-order chi connectivity index (χ1) is 7.58. The van der Waals surface area contributed by atoms with Crippen molar-refractivity contribution in [2.75, 3.05) is 14.2 Å². The number of nitriles is 1. The molecule has 86 valence electrons. The van der Waals surface area contributed by atoms with E-state index in [-0.39, 0.29) is 6.04 Å². The first kappa shape index (κ1) is 12.8. The van der Waals surface area contributed by atoms with Gasteiger partial charge in [0.05, 0.1) is 19.2 Å². The van der Waals surface area contributed by atoms with Crippen molar-refractivity contribution in [2.24, 2.45) is 0 Å². The molecule has 0 heterocycles. The molecule has 0 N–H and O–H groups in total. The highest BCUT2D eigenvalue weighted by molar-refractivity contribution is 6.30. The molecule has 0 saturated carbocycles. The monoisotopic (exact) mass is 238 g/mol. The van der Waals surface area contributed by atoms with Crippen molar-refractivity contribution in [1.29, 1.82) is 5.26 Å². The molecule has 0 amide bonds. The molecular formula is C12H15ClN2O. The highest BCUT2D eigenvalue weighted by Gasteiger charge is 2.11. The van der Waals surface area contributed by atoms with Crippen LogP contribution in [0.4, 0.5) is 0 Å². The second-order valence-corrected chi connectivity index (χ2v) is 4.11. The molecule has 1 atom stereocenters. The Kier molecular flexibility index (Phi) is 4.60. The first-order valence-corrected chi connectivity index (χ1v) is 5.38. The minimum Gasteiger partial charge on any atom is -0.496 e. The maximum absolute atomic E-state index is 8.82. The summed E-state index contributed by atoms with van der Waals surface area (Å²) in [6.07, 6.45) is 0. The molecule has 0 radical (unpaired) electrons. The zero-order valence-electron chi connectivity index (χ0n) is 9.70. The van der Waals surface area contributed by atoms with Crippen molar-refractivity contribution in [3.8, 4) is 11.8 Å². The molecular weight excluding hydrogens is 224 g/mol. The molecule has 0 spiro atoms. The summed E-state index contributed by atoms with van der Waals surface area (Å²) in [5.74, 6) is 0.793. The summed E-state index contributed by atoms with van der Waals surface area (Å²) in [6.45, 7) is 2.50. The van der Waals surface area contributed by atoms with Crippen LogP contribution in [0.2, 0.25) is 5.02 Å². The van der Waals surface area contributed by atoms with Crippen molar-refractivity contribution in [3.63, 3.8) is 0 Å². The zero-order chi connectivity index (χ0) is 12.1. The fourth-order valence-corrected chi connectivity index (χ4v) is 1.57. The SMILES string of the molecule is COc1ccc(Cl)cc1CN(C)C(C)C#N. The van der Waals surface area contributed by atoms with E-state index >= 15 is 0 Å². The number of halogens is 1. The van der Waals surface area contributed by atoms with E-state index in [9.17, 15) is 0 Å². The molecule has 4 heteroatoms. The van der Waals surface area contributed by atoms with Crippen LogP contribution in [0.25, 0.3) is 0 Å². The van der Waals surface area contributed by atoms with Crippen molar-refractivity contribution >= 4 is 11.6 Å². The highest BCUT2D eigenvalue weighted by Crippen LogP contribution is 2.24. The molecule has 1 rings (SSSR count). The Balaban J connectivity index is 2.87. The molecule has 0 aromatic heterocycles. The van der Waals surface area contributed by atoms with Crippen LogP contribution in [0, 0.1) is 11.3 Å². The number of hydrogen-bond acceptors (Lipinski definition) is 3. The Morgan fingerprint density at radius 2 is 2.25 bits per heavy atom. The molecule has 1 unspecified atom stereocenters. The number of hydrogen-bond donors (Lipinski definition) is 0. The Hall–Kier alpha value is -1.24. The Morgan fingerprint density at radius 1 is 1.56 bits per heavy atom. The Morgan fingerprint density at radius 3 is 2.81 bits per heavy atom. The standard InChI is InChI=1S/C12H15ClN2O/c1-9(7-14)15(2)8-10-6-11(13)4-5-12(10)16-3/h4-6,9H,8H2,1-3H3. The minimum atomic E-state index is -0.135. The lowest BCUT2D eigenvalue weighted by Gasteiger charge is -2.20. The van der Waals surface area contributed by atoms with Gasteiger partial charge in [-0.05, 0) is 32.2 Å². The molecule has 0 bridgehead atoms. The lowest BCUT2D eigenvalue weighted by Crippen LogP contribution is -2.27. The van der Waals surface area contributed by atoms with Gasteiger partial charge in [-0.2, -0.15) is 5.26 Å². The van der Waals surface area contributed by atoms with E-state index in [1.807, 2.05) is 31.0 Å². The minimum absolute atomic E-state index is 0.135. The van der Waals surface area contributed by atoms with E-state index < -0.39 is 0 Å². The predicted octanol–water partition coefficient (Wildman–Crippen LogP) is 2.69. The number of nitrogens with zero attached hydrogens (tertiary/aromatic N) is 2. The van der Waals surface area contributed by atoms with Crippen LogP contribution in [0.15, 0.2) is 18.2 Å². The third kappa shape index (κ3) is 3.13. The van der Waals surface area contributed by atoms with Crippen molar-refractivity contribution in [1.82, 2.24) is 4.90 Å². The molecule has 0 saturated heterocycles. The molecule has 1 aromatic rings. The van der Waals surface area contributed by atoms with Crippen LogP contribution < -0.4 is 4.74 Å². The molecule has 0 aliphatic carbocycles. The van der Waals surface area contributed by atoms with Crippen molar-refractivity contribution in [3.05, 3.63) is 28.8 Å². The maximum atomic E-state index is 8.82. The Bertz CT molecular complexity index is 400. The van der Waals surface area contributed by atoms with Gasteiger partial charge in [0.15, 0.2) is 0 Å². The second kappa shape index (κ2) is 5.74. The second-order valence-electron chi connectivity index (χ2n) is 3.68. The number of methoxy groups -OCH3 is 1. The highest BCUT2D eigenvalue weighted by atomic mass is 35.5. The van der Waals surface area contributed by atoms with E-state index in [2.05, 4.69) is 6.07 Å². The summed E-state index contributed by atoms with van der Waals surface area (Å²) in [5.41, 5.74) is 0.986. The van der Waals surface area contributed by atoms with Gasteiger partial charge in [-0.15, -0.1) is 0 Å². The number of rotatable bonds is 4. The summed E-state index contributed by atoms with van der Waals surface area (Å²) >= 11 is 5.93. The maximum Gasteiger partial charge on any atom is 0.123 e. The summed E-state index contributed by atoms with van der Waals surface area (Å²) in [6, 6.07) is 7.54. The fraction of sp³-hybridized carbons (Fsp3) is 0.417. The molecule has 0 aliphatic rings. The van der Waals surface area contributed by atoms with E-state index in [0.29, 0.717) is 11.6 Å². The van der Waals surface area contributed by atoms with Gasteiger partial charge in [0.2, 0.25) is 0 Å². The molecule has 0 aliphatic heterocycles. The average Bonchev–Trinajstić information content (AvgIpc) is 2.28. The average molecular weight is 239 g/mol. The predicted molar refractivity (Wildman–Crippen MR) is 64.5 cm³/mol. The van der Waals surface area contributed by atoms with Crippen LogP contribution in [-0.4, -0.2) is 25.1 Å². The molecule has 3 nitrogen and oxygen atoms in total. The van der Waals surface area contributed by atoms with Crippen LogP contribution >= 0.6 is 11.6 Å². The molecule has 0 fully saturated rings. The number of ether oxygens (including phenoxy) is 1. The largest absolute Gasteiger partial charge is 0.496 e. The van der Waals surface area contributed by atoms with Crippen molar-refractivity contribution in [2.45, 2.75) is 19.5 Å². The first-order valence-electron chi connectivity index (χ1n) is 5.00. The summed E-state index contributed by atoms with van der Waals surface area (Å²) in [4.78, 5) is 1.94. The zero-order valence-corrected chi connectivity index (χ0v) is 10.5. The molecule has 16 heavy (non-hydrogen) atoms. The van der Waals surface area contributed by atoms with Gasteiger partial charge in [-0.25, -0.2) is 0 Å². The lowest BCUT2D eigenvalue weighted by molar-refractivity contribution is 0.288. The van der Waals surface area contributed by atoms with Gasteiger partial charge in [0, 0.05) is 17.1 Å². The summed E-state index contributed by atoms with van der Waals surface area (Å²) in [7, 11) is 3.52. The topological polar surface area (TPSA) is 36.3 Å². The Labute approximate surface area is 101 Å². The van der Waals surface area contributed by atoms with Gasteiger partial charge in [0.1, 0.15) is 5.75 Å². The van der Waals surface area contributed by atoms with Crippen LogP contribution in [-0.2, 0) is 6.54 Å². The normalized spacial score (nSPS) is 12.2. The van der Waals surface area contributed by atoms with E-state index in [1.54, 1.807) is 13.2 Å². The lowest BCUT2D eigenvalue weighted by atomic mass is 10.1. The number of benzene rings is 1. The van der Waals surface area contributed by atoms with Gasteiger partial charge < -0.3 is 4.74 Å². The van der Waals surface area contributed by atoms with Gasteiger partial charge in [-0.1, -0.05) is 11.6 Å². The fourth-order valence-electron chi connectivity index (χ4n) is 1.37. The quantitative estimate of drug-likeness (QED) is 0.809. The third-order valence-electron chi connectivity index (χ3n) is 2.51. The van der Waals surface area contributed by atoms with Gasteiger partial charge in [0.25, 0.3) is 0 Å². The van der Waals surface area contributed by atoms with Crippen molar-refractivity contribution < 1.29 is 4.74 Å². The van der Waals surface area contributed by atoms with Crippen LogP contribution in [0.1, 0.15) is 12.5 Å².